The van der Waals surface area contributed by atoms with Gasteiger partial charge < -0.3 is 9.72 Å². The van der Waals surface area contributed by atoms with E-state index < -0.39 is 34.2 Å². The fourth-order valence-corrected chi connectivity index (χ4v) is 4.41. The predicted octanol–water partition coefficient (Wildman–Crippen LogP) is 2.80. The van der Waals surface area contributed by atoms with Crippen LogP contribution in [-0.4, -0.2) is 55.4 Å². The van der Waals surface area contributed by atoms with Crippen LogP contribution in [0.15, 0.2) is 29.2 Å². The van der Waals surface area contributed by atoms with Crippen molar-refractivity contribution < 1.29 is 31.9 Å². The van der Waals surface area contributed by atoms with E-state index in [1.165, 1.54) is 26.1 Å². The second-order valence-electron chi connectivity index (χ2n) is 7.15. The van der Waals surface area contributed by atoms with Crippen LogP contribution in [0.25, 0.3) is 0 Å². The van der Waals surface area contributed by atoms with Crippen LogP contribution in [0.2, 0.25) is 0 Å². The fourth-order valence-electron chi connectivity index (χ4n) is 3.20. The Morgan fingerprint density at radius 1 is 1.13 bits per heavy atom. The predicted molar refractivity (Wildman–Crippen MR) is 111 cm³/mol. The third-order valence-electron chi connectivity index (χ3n) is 4.81. The third-order valence-corrected chi connectivity index (χ3v) is 6.68. The number of Topliss-reactive ketones (excluding diaryl/α,β-unsaturated/α-hetero) is 2. The van der Waals surface area contributed by atoms with Gasteiger partial charge in [0.1, 0.15) is 5.82 Å². The summed E-state index contributed by atoms with van der Waals surface area (Å²) in [5, 5.41) is 0. The van der Waals surface area contributed by atoms with Gasteiger partial charge in [-0.2, -0.15) is 0 Å². The van der Waals surface area contributed by atoms with E-state index in [1.807, 2.05) is 0 Å². The molecule has 2 aromatic rings. The minimum atomic E-state index is -3.80. The van der Waals surface area contributed by atoms with Crippen molar-refractivity contribution in [1.29, 1.82) is 0 Å². The summed E-state index contributed by atoms with van der Waals surface area (Å²) in [6.07, 6.45) is 0.0943. The Bertz CT molecular complexity index is 1090. The van der Waals surface area contributed by atoms with E-state index in [-0.39, 0.29) is 35.8 Å². The number of sulfonamides is 1. The lowest BCUT2D eigenvalue weighted by Crippen LogP contribution is -2.28. The molecule has 1 aromatic carbocycles. The monoisotopic (exact) mass is 452 g/mol. The largest absolute Gasteiger partial charge is 0.457 e. The van der Waals surface area contributed by atoms with Crippen LogP contribution in [0.4, 0.5) is 4.39 Å². The lowest BCUT2D eigenvalue weighted by Gasteiger charge is -2.16. The number of nitrogens with zero attached hydrogens (tertiary/aromatic N) is 1. The Balaban J connectivity index is 1.84. The van der Waals surface area contributed by atoms with Gasteiger partial charge in [0.25, 0.3) is 0 Å². The van der Waals surface area contributed by atoms with E-state index in [4.69, 9.17) is 4.74 Å². The van der Waals surface area contributed by atoms with Gasteiger partial charge in [0.2, 0.25) is 15.8 Å². The quantitative estimate of drug-likeness (QED) is 0.438. The molecule has 0 aliphatic rings. The van der Waals surface area contributed by atoms with E-state index in [0.717, 1.165) is 16.4 Å². The molecule has 1 heterocycles. The van der Waals surface area contributed by atoms with Crippen LogP contribution in [0.1, 0.15) is 51.9 Å². The molecule has 0 spiro atoms. The highest BCUT2D eigenvalue weighted by Gasteiger charge is 2.22. The topological polar surface area (TPSA) is 114 Å². The molecule has 31 heavy (non-hydrogen) atoms. The van der Waals surface area contributed by atoms with Crippen molar-refractivity contribution in [3.8, 4) is 0 Å². The maximum atomic E-state index is 13.0. The molecule has 1 N–H and O–H groups in total. The minimum absolute atomic E-state index is 0.0413. The average Bonchev–Trinajstić information content (AvgIpc) is 3.00. The van der Waals surface area contributed by atoms with Gasteiger partial charge in [0.05, 0.1) is 10.6 Å². The molecule has 0 aliphatic carbocycles. The Morgan fingerprint density at radius 2 is 1.74 bits per heavy atom. The van der Waals surface area contributed by atoms with Crippen molar-refractivity contribution in [1.82, 2.24) is 9.29 Å². The number of halogens is 1. The molecular formula is C21H25FN2O6S. The van der Waals surface area contributed by atoms with Crippen molar-refractivity contribution in [2.75, 3.05) is 20.2 Å². The zero-order chi connectivity index (χ0) is 23.3. The number of esters is 1. The summed E-state index contributed by atoms with van der Waals surface area (Å²) in [5.41, 5.74) is 1.75. The normalized spacial score (nSPS) is 11.5. The molecule has 0 fully saturated rings. The molecule has 8 nitrogen and oxygen atoms in total. The van der Waals surface area contributed by atoms with Gasteiger partial charge in [-0.25, -0.2) is 17.1 Å². The smallest absolute Gasteiger partial charge is 0.306 e. The second kappa shape index (κ2) is 9.97. The zero-order valence-electron chi connectivity index (χ0n) is 17.8. The molecule has 2 rings (SSSR count). The lowest BCUT2D eigenvalue weighted by atomic mass is 10.1. The summed E-state index contributed by atoms with van der Waals surface area (Å²) in [5.74, 6) is -1.81. The molecule has 0 saturated heterocycles. The average molecular weight is 453 g/mol. The number of aromatic amines is 1. The number of rotatable bonds is 10. The van der Waals surface area contributed by atoms with Gasteiger partial charge in [0.15, 0.2) is 12.4 Å². The van der Waals surface area contributed by atoms with E-state index in [0.29, 0.717) is 16.8 Å². The molecule has 1 aromatic heterocycles. The lowest BCUT2D eigenvalue weighted by molar-refractivity contribution is -0.142. The number of aromatic nitrogens is 1. The minimum Gasteiger partial charge on any atom is -0.457 e. The van der Waals surface area contributed by atoms with Gasteiger partial charge in [-0.3, -0.25) is 14.4 Å². The summed E-state index contributed by atoms with van der Waals surface area (Å²) >= 11 is 0. The number of H-pyrrole nitrogens is 1. The van der Waals surface area contributed by atoms with Gasteiger partial charge in [-0.15, -0.1) is 0 Å². The number of ether oxygens (including phenoxy) is 1. The summed E-state index contributed by atoms with van der Waals surface area (Å²) in [4.78, 5) is 38.7. The van der Waals surface area contributed by atoms with Crippen molar-refractivity contribution >= 4 is 27.6 Å². The van der Waals surface area contributed by atoms with Crippen LogP contribution in [0.5, 0.6) is 0 Å². The summed E-state index contributed by atoms with van der Waals surface area (Å²) < 4.78 is 43.9. The summed E-state index contributed by atoms with van der Waals surface area (Å²) in [6.45, 7) is 4.29. The first-order chi connectivity index (χ1) is 14.4. The van der Waals surface area contributed by atoms with Crippen molar-refractivity contribution in [2.45, 2.75) is 38.5 Å². The van der Waals surface area contributed by atoms with E-state index in [2.05, 4.69) is 4.98 Å². The van der Waals surface area contributed by atoms with E-state index in [1.54, 1.807) is 13.8 Å². The van der Waals surface area contributed by atoms with Gasteiger partial charge in [-0.1, -0.05) is 0 Å². The number of benzene rings is 1. The van der Waals surface area contributed by atoms with Gasteiger partial charge in [0, 0.05) is 31.3 Å². The van der Waals surface area contributed by atoms with E-state index in [9.17, 15) is 27.2 Å². The Hall–Kier alpha value is -2.85. The van der Waals surface area contributed by atoms with Gasteiger partial charge >= 0.3 is 5.97 Å². The molecule has 0 unspecified atom stereocenters. The van der Waals surface area contributed by atoms with Crippen LogP contribution >= 0.6 is 0 Å². The maximum Gasteiger partial charge on any atom is 0.306 e. The molecule has 0 bridgehead atoms. The molecule has 0 atom stereocenters. The number of aryl methyl sites for hydroxylation is 1. The highest BCUT2D eigenvalue weighted by atomic mass is 32.2. The zero-order valence-corrected chi connectivity index (χ0v) is 18.6. The first-order valence-corrected chi connectivity index (χ1v) is 11.0. The Morgan fingerprint density at radius 3 is 2.29 bits per heavy atom. The molecule has 0 radical (unpaired) electrons. The number of ketones is 2. The molecule has 168 valence electrons. The molecule has 0 saturated carbocycles. The highest BCUT2D eigenvalue weighted by Crippen LogP contribution is 2.19. The Kier molecular flexibility index (Phi) is 7.85. The Labute approximate surface area is 180 Å². The number of hydrogen-bond acceptors (Lipinski definition) is 6. The second-order valence-corrected chi connectivity index (χ2v) is 9.19. The van der Waals surface area contributed by atoms with Gasteiger partial charge in [-0.05, 0) is 57.0 Å². The van der Waals surface area contributed by atoms with E-state index >= 15 is 0 Å². The van der Waals surface area contributed by atoms with Crippen LogP contribution in [-0.2, 0) is 19.6 Å². The highest BCUT2D eigenvalue weighted by molar-refractivity contribution is 7.89. The maximum absolute atomic E-state index is 13.0. The van der Waals surface area contributed by atoms with Crippen molar-refractivity contribution in [3.63, 3.8) is 0 Å². The number of carbonyl (C=O) groups excluding carboxylic acids is 3. The molecule has 10 heteroatoms. The van der Waals surface area contributed by atoms with Crippen LogP contribution < -0.4 is 0 Å². The number of nitrogens with one attached hydrogen (secondary N) is 1. The first-order valence-electron chi connectivity index (χ1n) is 9.56. The number of hydrogen-bond donors (Lipinski definition) is 1. The molecule has 0 amide bonds. The number of carbonyl (C=O) groups is 3. The third kappa shape index (κ3) is 5.86. The standard InChI is InChI=1S/C21H25FN2O6S/c1-13-20(15(3)25)14(2)23-21(13)18(26)12-30-19(27)6-5-11-24(4)31(28,29)17-9-7-16(22)8-10-17/h7-10,23H,5-6,11-12H2,1-4H3. The molecule has 0 aliphatic heterocycles. The van der Waals surface area contributed by atoms with Crippen molar-refractivity contribution in [3.05, 3.63) is 52.6 Å². The van der Waals surface area contributed by atoms with Crippen molar-refractivity contribution in [2.24, 2.45) is 0 Å². The first kappa shape index (κ1) is 24.4. The molecular weight excluding hydrogens is 427 g/mol. The van der Waals surface area contributed by atoms with Crippen LogP contribution in [0.3, 0.4) is 0 Å². The summed E-state index contributed by atoms with van der Waals surface area (Å²) in [6, 6.07) is 4.45. The SMILES string of the molecule is CC(=O)c1c(C)[nH]c(C(=O)COC(=O)CCCN(C)S(=O)(=O)c2ccc(F)cc2)c1C. The summed E-state index contributed by atoms with van der Waals surface area (Å²) in [7, 11) is -2.44. The van der Waals surface area contributed by atoms with Crippen LogP contribution in [0, 0.1) is 19.7 Å². The fraction of sp³-hybridized carbons (Fsp3) is 0.381.